The predicted molar refractivity (Wildman–Crippen MR) is 219 cm³/mol. The van der Waals surface area contributed by atoms with Crippen LogP contribution in [0.25, 0.3) is 50.7 Å². The molecule has 0 amide bonds. The number of nitrogens with zero attached hydrogens (tertiary/aromatic N) is 4. The number of aromatic nitrogens is 6. The predicted octanol–water partition coefficient (Wildman–Crippen LogP) is 8.07. The van der Waals surface area contributed by atoms with Crippen LogP contribution in [0.3, 0.4) is 0 Å². The molecule has 54 heavy (non-hydrogen) atoms. The van der Waals surface area contributed by atoms with Gasteiger partial charge in [-0.05, 0) is 49.3 Å². The van der Waals surface area contributed by atoms with Crippen LogP contribution in [0.5, 0.6) is 0 Å². The molecule has 0 radical (unpaired) electrons. The Labute approximate surface area is 326 Å². The standard InChI is InChI=1S/C40H30N6O4S4/c1-15-5-9-27(53-37(15)47)23-13-29-42-25(23)14-24-22(20-7-6-16(2)51-39(20)49)11-19(41-24)12-26-30-17(3)38(48)52-18(4)31(30)34(43-26)45-35-32-21-8-10-28(54-40(21)50)33(32)36(44-29)46-35/h5-16,18,20-21,27-28H,3H2,1-2,4H3,(H2,42,43,44,45,46). The highest BCUT2D eigenvalue weighted by Gasteiger charge is 2.44. The quantitative estimate of drug-likeness (QED) is 0.191. The topological polar surface area (TPSA) is 151 Å². The van der Waals surface area contributed by atoms with E-state index in [4.69, 9.17) is 19.9 Å². The number of carbonyl (C=O) groups is 4. The highest BCUT2D eigenvalue weighted by molar-refractivity contribution is 8.15. The monoisotopic (exact) mass is 786 g/mol. The Hall–Kier alpha value is -4.50. The molecule has 8 aliphatic rings. The minimum Gasteiger partial charge on any atom is -0.340 e. The zero-order valence-corrected chi connectivity index (χ0v) is 32.3. The second-order valence-corrected chi connectivity index (χ2v) is 19.1. The minimum absolute atomic E-state index is 0.0303. The molecule has 268 valence electrons. The second kappa shape index (κ2) is 12.5. The Morgan fingerprint density at radius 2 is 1.44 bits per heavy atom. The van der Waals surface area contributed by atoms with Crippen molar-refractivity contribution < 1.29 is 19.2 Å². The number of hydrogen-bond donors (Lipinski definition) is 2. The summed E-state index contributed by atoms with van der Waals surface area (Å²) in [5.74, 6) is -0.386. The van der Waals surface area contributed by atoms with E-state index in [1.165, 1.54) is 47.0 Å². The van der Waals surface area contributed by atoms with E-state index < -0.39 is 11.8 Å². The van der Waals surface area contributed by atoms with Crippen molar-refractivity contribution in [3.63, 3.8) is 0 Å². The first-order valence-electron chi connectivity index (χ1n) is 17.6. The van der Waals surface area contributed by atoms with E-state index in [-0.39, 0.29) is 47.4 Å². The van der Waals surface area contributed by atoms with Gasteiger partial charge in [-0.1, -0.05) is 97.0 Å². The average Bonchev–Trinajstić information content (AvgIpc) is 3.90. The van der Waals surface area contributed by atoms with E-state index in [1.807, 2.05) is 81.5 Å². The molecule has 0 fully saturated rings. The van der Waals surface area contributed by atoms with Crippen LogP contribution in [0.2, 0.25) is 0 Å². The van der Waals surface area contributed by atoms with E-state index in [2.05, 4.69) is 16.5 Å². The Morgan fingerprint density at radius 1 is 0.685 bits per heavy atom. The second-order valence-electron chi connectivity index (χ2n) is 14.1. The SMILES string of the molecule is C=C1C(=O)SC(C)c2c1c1cc3nc(cc4[nH]c(cc4C4C=CC(C)C(=O)S4)nc4nc(nc2[nH]1)C1=C4C2C=CC1C(=O)S2)C(C1C=CC(C)SC1=O)=C3. The highest BCUT2D eigenvalue weighted by atomic mass is 32.2. The largest absolute Gasteiger partial charge is 0.340 e. The van der Waals surface area contributed by atoms with Crippen LogP contribution in [0.4, 0.5) is 0 Å². The summed E-state index contributed by atoms with van der Waals surface area (Å²) < 4.78 is 0. The van der Waals surface area contributed by atoms with Crippen molar-refractivity contribution in [1.29, 1.82) is 0 Å². The molecule has 0 saturated carbocycles. The smallest absolute Gasteiger partial charge is 0.220 e. The molecule has 11 rings (SSSR count). The van der Waals surface area contributed by atoms with Gasteiger partial charge in [0.1, 0.15) is 11.3 Å². The molecule has 10 heterocycles. The number of aromatic amines is 2. The number of fused-ring (bicyclic) bond motifs is 12. The van der Waals surface area contributed by atoms with Crippen molar-refractivity contribution in [3.05, 3.63) is 101 Å². The lowest BCUT2D eigenvalue weighted by Gasteiger charge is -2.29. The van der Waals surface area contributed by atoms with Crippen LogP contribution >= 0.6 is 47.0 Å². The molecule has 0 aromatic carbocycles. The summed E-state index contributed by atoms with van der Waals surface area (Å²) in [4.78, 5) is 80.3. The fourth-order valence-electron chi connectivity index (χ4n) is 7.90. The van der Waals surface area contributed by atoms with Crippen molar-refractivity contribution in [2.75, 3.05) is 0 Å². The number of allylic oxidation sites excluding steroid dienone is 5. The van der Waals surface area contributed by atoms with Crippen molar-refractivity contribution in [2.24, 2.45) is 17.8 Å². The van der Waals surface area contributed by atoms with E-state index in [1.54, 1.807) is 0 Å². The molecule has 2 N–H and O–H groups in total. The molecule has 14 heteroatoms. The van der Waals surface area contributed by atoms with E-state index in [0.717, 1.165) is 27.8 Å². The molecular formula is C40H30N6O4S4. The van der Waals surface area contributed by atoms with E-state index in [9.17, 15) is 19.2 Å². The highest BCUT2D eigenvalue weighted by Crippen LogP contribution is 2.52. The Morgan fingerprint density at radius 3 is 2.24 bits per heavy atom. The number of H-pyrrole nitrogens is 2. The molecule has 1 aliphatic carbocycles. The first-order chi connectivity index (χ1) is 26.0. The van der Waals surface area contributed by atoms with Gasteiger partial charge in [-0.15, -0.1) is 0 Å². The van der Waals surface area contributed by atoms with Gasteiger partial charge in [0.2, 0.25) is 15.3 Å². The van der Waals surface area contributed by atoms with Gasteiger partial charge in [-0.2, -0.15) is 0 Å². The van der Waals surface area contributed by atoms with Crippen molar-refractivity contribution in [1.82, 2.24) is 29.9 Å². The first kappa shape index (κ1) is 34.0. The van der Waals surface area contributed by atoms with Crippen LogP contribution in [0.15, 0.2) is 61.2 Å². The maximum atomic E-state index is 13.5. The van der Waals surface area contributed by atoms with Crippen LogP contribution in [0, 0.1) is 17.8 Å². The lowest BCUT2D eigenvalue weighted by molar-refractivity contribution is -0.113. The Kier molecular flexibility index (Phi) is 7.89. The molecule has 10 nitrogen and oxygen atoms in total. The van der Waals surface area contributed by atoms with E-state index in [0.29, 0.717) is 56.5 Å². The lowest BCUT2D eigenvalue weighted by Crippen LogP contribution is -2.26. The summed E-state index contributed by atoms with van der Waals surface area (Å²) in [6, 6.07) is 5.74. The molecular weight excluding hydrogens is 757 g/mol. The van der Waals surface area contributed by atoms with Gasteiger partial charge in [-0.25, -0.2) is 19.9 Å². The number of hydrogen-bond acceptors (Lipinski definition) is 12. The average molecular weight is 787 g/mol. The van der Waals surface area contributed by atoms with Gasteiger partial charge in [0.05, 0.1) is 39.2 Å². The number of nitrogens with one attached hydrogen (secondary N) is 2. The maximum absolute atomic E-state index is 13.5. The van der Waals surface area contributed by atoms with Crippen molar-refractivity contribution in [2.45, 2.75) is 41.8 Å². The van der Waals surface area contributed by atoms with Gasteiger partial charge >= 0.3 is 0 Å². The molecule has 7 atom stereocenters. The van der Waals surface area contributed by atoms with Crippen LogP contribution < -0.4 is 0 Å². The summed E-state index contributed by atoms with van der Waals surface area (Å²) in [6.07, 6.45) is 13.8. The van der Waals surface area contributed by atoms with Gasteiger partial charge in [-0.3, -0.25) is 19.2 Å². The van der Waals surface area contributed by atoms with Crippen molar-refractivity contribution >= 4 is 118 Å². The summed E-state index contributed by atoms with van der Waals surface area (Å²) in [5, 5.41) is -0.718. The molecule has 0 saturated heterocycles. The molecule has 3 aromatic heterocycles. The zero-order chi connectivity index (χ0) is 37.2. The Balaban J connectivity index is 1.31. The molecule has 10 bridgehead atoms. The van der Waals surface area contributed by atoms with Gasteiger partial charge in [0.25, 0.3) is 0 Å². The summed E-state index contributed by atoms with van der Waals surface area (Å²) >= 11 is 5.02. The number of rotatable bonds is 2. The van der Waals surface area contributed by atoms with Crippen LogP contribution in [-0.2, 0) is 19.2 Å². The zero-order valence-electron chi connectivity index (χ0n) is 29.1. The molecule has 7 unspecified atom stereocenters. The maximum Gasteiger partial charge on any atom is 0.220 e. The van der Waals surface area contributed by atoms with Gasteiger partial charge in [0.15, 0.2) is 16.8 Å². The van der Waals surface area contributed by atoms with Crippen LogP contribution in [0.1, 0.15) is 71.0 Å². The van der Waals surface area contributed by atoms with E-state index >= 15 is 0 Å². The molecule has 7 aliphatic heterocycles. The fraction of sp³-hybridized carbons (Fsp3) is 0.250. The summed E-state index contributed by atoms with van der Waals surface area (Å²) in [6.45, 7) is 10.0. The third-order valence-electron chi connectivity index (χ3n) is 10.5. The summed E-state index contributed by atoms with van der Waals surface area (Å²) in [7, 11) is 0. The fourth-order valence-corrected chi connectivity index (χ4v) is 11.9. The van der Waals surface area contributed by atoms with Crippen LogP contribution in [-0.4, -0.2) is 60.9 Å². The minimum atomic E-state index is -0.527. The van der Waals surface area contributed by atoms with Crippen molar-refractivity contribution in [3.8, 4) is 0 Å². The van der Waals surface area contributed by atoms with Gasteiger partial charge in [0, 0.05) is 49.8 Å². The lowest BCUT2D eigenvalue weighted by atomic mass is 9.88. The molecule has 3 aromatic rings. The number of carbonyl (C=O) groups excluding carboxylic acids is 4. The van der Waals surface area contributed by atoms with Gasteiger partial charge < -0.3 is 9.97 Å². The Bertz CT molecular complexity index is 2670. The third kappa shape index (κ3) is 5.35. The molecule has 0 spiro atoms. The number of thioether (sulfide) groups is 4. The first-order valence-corrected chi connectivity index (χ1v) is 21.1. The summed E-state index contributed by atoms with van der Waals surface area (Å²) in [5.41, 5.74) is 8.55. The third-order valence-corrected chi connectivity index (χ3v) is 15.0. The normalized spacial score (nSPS) is 28.5.